The van der Waals surface area contributed by atoms with Crippen LogP contribution >= 0.6 is 0 Å². The van der Waals surface area contributed by atoms with Gasteiger partial charge in [-0.25, -0.2) is 0 Å². The van der Waals surface area contributed by atoms with Gasteiger partial charge in [0, 0.05) is 12.7 Å². The van der Waals surface area contributed by atoms with Gasteiger partial charge in [-0.1, -0.05) is 55.1 Å². The molecule has 0 aromatic heterocycles. The maximum atomic E-state index is 13.7. The molecule has 1 amide bonds. The summed E-state index contributed by atoms with van der Waals surface area (Å²) in [5.74, 6) is 0.859. The molecule has 28 heavy (non-hydrogen) atoms. The van der Waals surface area contributed by atoms with E-state index in [1.54, 1.807) is 13.2 Å². The van der Waals surface area contributed by atoms with Crippen LogP contribution in [0.1, 0.15) is 22.7 Å². The monoisotopic (exact) mass is 379 g/mol. The SMILES string of the molecule is C=Cc1ccc2c(c1)OCC(c1ccccc1)N(C(=O)C1(COC)COC1)C2. The first-order chi connectivity index (χ1) is 13.7. The van der Waals surface area contributed by atoms with Crippen molar-refractivity contribution in [2.75, 3.05) is 33.5 Å². The molecule has 0 aliphatic carbocycles. The third-order valence-electron chi connectivity index (χ3n) is 5.52. The van der Waals surface area contributed by atoms with Gasteiger partial charge in [0.2, 0.25) is 5.91 Å². The lowest BCUT2D eigenvalue weighted by atomic mass is 9.84. The van der Waals surface area contributed by atoms with Crippen molar-refractivity contribution in [2.24, 2.45) is 5.41 Å². The van der Waals surface area contributed by atoms with E-state index in [1.165, 1.54) is 0 Å². The second-order valence-electron chi connectivity index (χ2n) is 7.45. The summed E-state index contributed by atoms with van der Waals surface area (Å²) in [6.45, 7) is 5.84. The lowest BCUT2D eigenvalue weighted by Crippen LogP contribution is -2.58. The van der Waals surface area contributed by atoms with Gasteiger partial charge in [-0.15, -0.1) is 0 Å². The molecule has 1 atom stereocenters. The van der Waals surface area contributed by atoms with E-state index in [4.69, 9.17) is 14.2 Å². The van der Waals surface area contributed by atoms with Crippen LogP contribution < -0.4 is 4.74 Å². The molecule has 2 aliphatic heterocycles. The van der Waals surface area contributed by atoms with Crippen LogP contribution in [0.15, 0.2) is 55.1 Å². The maximum Gasteiger partial charge on any atom is 0.236 e. The lowest BCUT2D eigenvalue weighted by molar-refractivity contribution is -0.186. The summed E-state index contributed by atoms with van der Waals surface area (Å²) in [7, 11) is 1.62. The highest BCUT2D eigenvalue weighted by Gasteiger charge is 2.50. The molecule has 5 heteroatoms. The van der Waals surface area contributed by atoms with Crippen LogP contribution in [0.5, 0.6) is 5.75 Å². The van der Waals surface area contributed by atoms with Crippen molar-refractivity contribution in [1.82, 2.24) is 4.90 Å². The van der Waals surface area contributed by atoms with Crippen LogP contribution in [0.3, 0.4) is 0 Å². The van der Waals surface area contributed by atoms with Crippen molar-refractivity contribution in [3.8, 4) is 5.75 Å². The van der Waals surface area contributed by atoms with E-state index < -0.39 is 5.41 Å². The lowest BCUT2D eigenvalue weighted by Gasteiger charge is -2.44. The van der Waals surface area contributed by atoms with Gasteiger partial charge >= 0.3 is 0 Å². The van der Waals surface area contributed by atoms with Crippen molar-refractivity contribution in [1.29, 1.82) is 0 Å². The Kier molecular flexibility index (Phi) is 5.20. The highest BCUT2D eigenvalue weighted by atomic mass is 16.5. The molecule has 146 valence electrons. The summed E-state index contributed by atoms with van der Waals surface area (Å²) in [5.41, 5.74) is 2.43. The minimum atomic E-state index is -0.618. The van der Waals surface area contributed by atoms with Crippen LogP contribution in [0.2, 0.25) is 0 Å². The molecular formula is C23H25NO4. The highest BCUT2D eigenvalue weighted by molar-refractivity contribution is 5.84. The summed E-state index contributed by atoms with van der Waals surface area (Å²) in [6, 6.07) is 15.9. The van der Waals surface area contributed by atoms with Gasteiger partial charge in [0.15, 0.2) is 0 Å². The molecule has 2 aliphatic rings. The molecule has 5 nitrogen and oxygen atoms in total. The highest BCUT2D eigenvalue weighted by Crippen LogP contribution is 2.38. The van der Waals surface area contributed by atoms with E-state index in [2.05, 4.69) is 6.58 Å². The molecule has 0 spiro atoms. The van der Waals surface area contributed by atoms with E-state index in [0.29, 0.717) is 33.0 Å². The predicted octanol–water partition coefficient (Wildman–Crippen LogP) is 3.45. The number of hydrogen-bond donors (Lipinski definition) is 0. The topological polar surface area (TPSA) is 48.0 Å². The average molecular weight is 379 g/mol. The zero-order valence-corrected chi connectivity index (χ0v) is 16.1. The Labute approximate surface area is 165 Å². The van der Waals surface area contributed by atoms with Crippen molar-refractivity contribution < 1.29 is 19.0 Å². The van der Waals surface area contributed by atoms with Crippen molar-refractivity contribution in [2.45, 2.75) is 12.6 Å². The van der Waals surface area contributed by atoms with E-state index >= 15 is 0 Å². The Morgan fingerprint density at radius 3 is 2.71 bits per heavy atom. The summed E-state index contributed by atoms with van der Waals surface area (Å²) in [6.07, 6.45) is 1.80. The molecule has 1 unspecified atom stereocenters. The van der Waals surface area contributed by atoms with Gasteiger partial charge in [0.25, 0.3) is 0 Å². The minimum Gasteiger partial charge on any atom is -0.491 e. The van der Waals surface area contributed by atoms with Gasteiger partial charge in [-0.3, -0.25) is 4.79 Å². The van der Waals surface area contributed by atoms with Gasteiger partial charge in [-0.2, -0.15) is 0 Å². The molecule has 2 aromatic rings. The van der Waals surface area contributed by atoms with E-state index in [1.807, 2.05) is 53.4 Å². The van der Waals surface area contributed by atoms with E-state index in [9.17, 15) is 4.79 Å². The number of ether oxygens (including phenoxy) is 3. The Morgan fingerprint density at radius 2 is 2.07 bits per heavy atom. The second kappa shape index (κ2) is 7.78. The van der Waals surface area contributed by atoms with Gasteiger partial charge in [-0.05, 0) is 17.2 Å². The number of carbonyl (C=O) groups excluding carboxylic acids is 1. The number of carbonyl (C=O) groups is 1. The average Bonchev–Trinajstić information content (AvgIpc) is 2.90. The van der Waals surface area contributed by atoms with Crippen LogP contribution in [-0.4, -0.2) is 44.3 Å². The Bertz CT molecular complexity index is 860. The van der Waals surface area contributed by atoms with Gasteiger partial charge in [0.05, 0.1) is 32.4 Å². The normalized spacial score (nSPS) is 20.3. The molecular weight excluding hydrogens is 354 g/mol. The van der Waals surface area contributed by atoms with Crippen molar-refractivity contribution in [3.63, 3.8) is 0 Å². The zero-order chi connectivity index (χ0) is 19.6. The fourth-order valence-electron chi connectivity index (χ4n) is 3.88. The standard InChI is InChI=1S/C23H25NO4/c1-3-17-9-10-19-12-24(22(25)23(14-26-2)15-27-16-23)20(13-28-21(19)11-17)18-7-5-4-6-8-18/h3-11,20H,1,12-16H2,2H3. The smallest absolute Gasteiger partial charge is 0.236 e. The third-order valence-corrected chi connectivity index (χ3v) is 5.52. The molecule has 2 aromatic carbocycles. The quantitative estimate of drug-likeness (QED) is 0.798. The molecule has 0 N–H and O–H groups in total. The first-order valence-corrected chi connectivity index (χ1v) is 9.48. The fraction of sp³-hybridized carbons (Fsp3) is 0.348. The molecule has 0 saturated carbocycles. The molecule has 2 heterocycles. The van der Waals surface area contributed by atoms with Crippen molar-refractivity contribution in [3.05, 3.63) is 71.8 Å². The van der Waals surface area contributed by atoms with Crippen LogP contribution in [0.4, 0.5) is 0 Å². The molecule has 0 bridgehead atoms. The number of hydrogen-bond acceptors (Lipinski definition) is 4. The van der Waals surface area contributed by atoms with E-state index in [0.717, 1.165) is 22.4 Å². The van der Waals surface area contributed by atoms with Crippen LogP contribution in [0.25, 0.3) is 6.08 Å². The molecule has 0 radical (unpaired) electrons. The summed E-state index contributed by atoms with van der Waals surface area (Å²) >= 11 is 0. The van der Waals surface area contributed by atoms with Crippen LogP contribution in [-0.2, 0) is 20.8 Å². The van der Waals surface area contributed by atoms with Crippen molar-refractivity contribution >= 4 is 12.0 Å². The number of benzene rings is 2. The number of methoxy groups -OCH3 is 1. The minimum absolute atomic E-state index is 0.0544. The number of nitrogens with zero attached hydrogens (tertiary/aromatic N) is 1. The summed E-state index contributed by atoms with van der Waals surface area (Å²) in [4.78, 5) is 15.6. The van der Waals surface area contributed by atoms with Gasteiger partial charge in [0.1, 0.15) is 17.8 Å². The summed E-state index contributed by atoms with van der Waals surface area (Å²) in [5, 5.41) is 0. The fourth-order valence-corrected chi connectivity index (χ4v) is 3.88. The van der Waals surface area contributed by atoms with Gasteiger partial charge < -0.3 is 19.1 Å². The predicted molar refractivity (Wildman–Crippen MR) is 107 cm³/mol. The number of rotatable bonds is 5. The Hall–Kier alpha value is -2.63. The molecule has 1 fully saturated rings. The first-order valence-electron chi connectivity index (χ1n) is 9.48. The van der Waals surface area contributed by atoms with Crippen LogP contribution in [0, 0.1) is 5.41 Å². The molecule has 4 rings (SSSR count). The second-order valence-corrected chi connectivity index (χ2v) is 7.45. The number of fused-ring (bicyclic) bond motifs is 1. The molecule has 1 saturated heterocycles. The maximum absolute atomic E-state index is 13.7. The Balaban J connectivity index is 1.73. The number of amides is 1. The summed E-state index contributed by atoms with van der Waals surface area (Å²) < 4.78 is 16.9. The largest absolute Gasteiger partial charge is 0.491 e. The van der Waals surface area contributed by atoms with E-state index in [-0.39, 0.29) is 11.9 Å². The first kappa shape index (κ1) is 18.7. The zero-order valence-electron chi connectivity index (χ0n) is 16.1. The third kappa shape index (κ3) is 3.32. The Morgan fingerprint density at radius 1 is 1.29 bits per heavy atom.